The second-order valence-electron chi connectivity index (χ2n) is 4.97. The maximum absolute atomic E-state index is 14.0. The van der Waals surface area contributed by atoms with Gasteiger partial charge < -0.3 is 20.9 Å². The Kier molecular flexibility index (Phi) is 4.79. The maximum atomic E-state index is 14.0. The highest BCUT2D eigenvalue weighted by atomic mass is 19.1. The summed E-state index contributed by atoms with van der Waals surface area (Å²) in [5.74, 6) is -0.738. The van der Waals surface area contributed by atoms with E-state index in [1.54, 1.807) is 12.1 Å². The van der Waals surface area contributed by atoms with Crippen LogP contribution in [0, 0.1) is 5.82 Å². The molecule has 0 aromatic heterocycles. The van der Waals surface area contributed by atoms with Gasteiger partial charge in [-0.2, -0.15) is 0 Å². The van der Waals surface area contributed by atoms with Crippen molar-refractivity contribution < 1.29 is 14.7 Å². The van der Waals surface area contributed by atoms with Crippen molar-refractivity contribution in [2.75, 3.05) is 18.1 Å². The topological polar surface area (TPSA) is 82.1 Å². The minimum absolute atomic E-state index is 0.0926. The van der Waals surface area contributed by atoms with Gasteiger partial charge in [-0.15, -0.1) is 0 Å². The Morgan fingerprint density at radius 2 is 2.25 bits per heavy atom. The third-order valence-electron chi connectivity index (χ3n) is 3.75. The Labute approximate surface area is 117 Å². The Hall–Kier alpha value is -1.82. The van der Waals surface area contributed by atoms with E-state index in [9.17, 15) is 9.50 Å². The lowest BCUT2D eigenvalue weighted by Gasteiger charge is -2.38. The van der Waals surface area contributed by atoms with Crippen molar-refractivity contribution in [2.24, 2.45) is 10.9 Å². The fourth-order valence-electron chi connectivity index (χ4n) is 2.82. The first-order chi connectivity index (χ1) is 9.69. The van der Waals surface area contributed by atoms with Gasteiger partial charge in [0.2, 0.25) is 0 Å². The van der Waals surface area contributed by atoms with Crippen LogP contribution in [0.1, 0.15) is 31.2 Å². The first kappa shape index (κ1) is 14.6. The van der Waals surface area contributed by atoms with E-state index >= 15 is 0 Å². The molecule has 2 rings (SSSR count). The zero-order valence-electron chi connectivity index (χ0n) is 11.3. The molecule has 1 aliphatic heterocycles. The molecule has 0 saturated carbocycles. The Morgan fingerprint density at radius 3 is 2.95 bits per heavy atom. The second-order valence-corrected chi connectivity index (χ2v) is 4.97. The zero-order valence-corrected chi connectivity index (χ0v) is 11.3. The number of nitrogens with two attached hydrogens (primary N) is 1. The minimum Gasteiger partial charge on any atom is -0.409 e. The minimum atomic E-state index is -0.508. The summed E-state index contributed by atoms with van der Waals surface area (Å²) in [6.07, 6.45) is 3.68. The average Bonchev–Trinajstić information content (AvgIpc) is 2.47. The molecule has 1 unspecified atom stereocenters. The molecule has 4 N–H and O–H groups in total. The summed E-state index contributed by atoms with van der Waals surface area (Å²) in [4.78, 5) is 2.05. The van der Waals surface area contributed by atoms with E-state index < -0.39 is 5.82 Å². The number of aliphatic hydroxyl groups is 1. The highest BCUT2D eigenvalue weighted by Crippen LogP contribution is 2.30. The lowest BCUT2D eigenvalue weighted by Crippen LogP contribution is -2.41. The van der Waals surface area contributed by atoms with Crippen LogP contribution >= 0.6 is 0 Å². The smallest absolute Gasteiger partial charge is 0.175 e. The van der Waals surface area contributed by atoms with E-state index in [2.05, 4.69) is 10.1 Å². The molecule has 0 spiro atoms. The zero-order chi connectivity index (χ0) is 14.5. The van der Waals surface area contributed by atoms with Gasteiger partial charge in [-0.1, -0.05) is 11.2 Å². The molecular weight excluding hydrogens is 261 g/mol. The van der Waals surface area contributed by atoms with E-state index in [0.717, 1.165) is 25.8 Å². The van der Waals surface area contributed by atoms with Gasteiger partial charge in [0.15, 0.2) is 5.84 Å². The number of nitrogens with zero attached hydrogens (tertiary/aromatic N) is 2. The summed E-state index contributed by atoms with van der Waals surface area (Å²) in [7, 11) is 0. The van der Waals surface area contributed by atoms with Gasteiger partial charge in [-0.25, -0.2) is 4.39 Å². The number of aliphatic hydroxyl groups excluding tert-OH is 1. The lowest BCUT2D eigenvalue weighted by molar-refractivity contribution is 0.262. The Balaban J connectivity index is 2.42. The number of rotatable bonds is 4. The summed E-state index contributed by atoms with van der Waals surface area (Å²) < 4.78 is 14.0. The van der Waals surface area contributed by atoms with Crippen LogP contribution in [0.5, 0.6) is 0 Å². The standard InChI is InChI=1S/C14H20FN3O2/c15-11-5-3-6-12(13(11)14(16)17-20)18-8-2-1-4-10(18)7-9-19/h3,5-6,10,19-20H,1-2,4,7-9H2,(H2,16,17). The molecule has 1 aromatic rings. The molecule has 1 aliphatic rings. The molecule has 0 radical (unpaired) electrons. The van der Waals surface area contributed by atoms with Crippen LogP contribution in [0.15, 0.2) is 23.4 Å². The normalized spacial score (nSPS) is 20.2. The summed E-state index contributed by atoms with van der Waals surface area (Å²) in [6, 6.07) is 4.83. The molecular formula is C14H20FN3O2. The van der Waals surface area contributed by atoms with Gasteiger partial charge in [-0.3, -0.25) is 0 Å². The number of oxime groups is 1. The average molecular weight is 281 g/mol. The van der Waals surface area contributed by atoms with Gasteiger partial charge in [0.1, 0.15) is 5.82 Å². The highest BCUT2D eigenvalue weighted by Gasteiger charge is 2.26. The molecule has 1 heterocycles. The van der Waals surface area contributed by atoms with Crippen LogP contribution in [0.3, 0.4) is 0 Å². The van der Waals surface area contributed by atoms with Crippen LogP contribution in [-0.2, 0) is 0 Å². The first-order valence-electron chi connectivity index (χ1n) is 6.83. The highest BCUT2D eigenvalue weighted by molar-refractivity contribution is 6.02. The van der Waals surface area contributed by atoms with Crippen LogP contribution in [-0.4, -0.2) is 35.3 Å². The molecule has 6 heteroatoms. The third-order valence-corrected chi connectivity index (χ3v) is 3.75. The quantitative estimate of drug-likeness (QED) is 0.339. The van der Waals surface area contributed by atoms with E-state index in [0.29, 0.717) is 12.1 Å². The number of anilines is 1. The van der Waals surface area contributed by atoms with Gasteiger partial charge in [0.25, 0.3) is 0 Å². The van der Waals surface area contributed by atoms with Crippen molar-refractivity contribution in [3.63, 3.8) is 0 Å². The Bertz CT molecular complexity index is 491. The Morgan fingerprint density at radius 1 is 1.45 bits per heavy atom. The predicted molar refractivity (Wildman–Crippen MR) is 75.6 cm³/mol. The van der Waals surface area contributed by atoms with E-state index in [1.807, 2.05) is 0 Å². The monoisotopic (exact) mass is 281 g/mol. The van der Waals surface area contributed by atoms with E-state index in [1.165, 1.54) is 6.07 Å². The summed E-state index contributed by atoms with van der Waals surface area (Å²) >= 11 is 0. The molecule has 0 aliphatic carbocycles. The first-order valence-corrected chi connectivity index (χ1v) is 6.83. The van der Waals surface area contributed by atoms with Crippen LogP contribution < -0.4 is 10.6 Å². The van der Waals surface area contributed by atoms with E-state index in [-0.39, 0.29) is 24.0 Å². The van der Waals surface area contributed by atoms with Crippen molar-refractivity contribution in [3.8, 4) is 0 Å². The molecule has 110 valence electrons. The van der Waals surface area contributed by atoms with Crippen LogP contribution in [0.2, 0.25) is 0 Å². The number of amidine groups is 1. The lowest BCUT2D eigenvalue weighted by atomic mass is 9.97. The number of benzene rings is 1. The largest absolute Gasteiger partial charge is 0.409 e. The third kappa shape index (κ3) is 2.85. The number of hydrogen-bond acceptors (Lipinski definition) is 4. The molecule has 1 aromatic carbocycles. The van der Waals surface area contributed by atoms with Gasteiger partial charge in [-0.05, 0) is 37.8 Å². The fourth-order valence-corrected chi connectivity index (χ4v) is 2.82. The summed E-state index contributed by atoms with van der Waals surface area (Å²) in [6.45, 7) is 0.870. The van der Waals surface area contributed by atoms with Gasteiger partial charge in [0, 0.05) is 19.2 Å². The number of piperidine rings is 1. The summed E-state index contributed by atoms with van der Waals surface area (Å²) in [5.41, 5.74) is 6.35. The van der Waals surface area contributed by atoms with Crippen molar-refractivity contribution in [3.05, 3.63) is 29.6 Å². The van der Waals surface area contributed by atoms with Gasteiger partial charge >= 0.3 is 0 Å². The summed E-state index contributed by atoms with van der Waals surface area (Å²) in [5, 5.41) is 20.9. The van der Waals surface area contributed by atoms with Crippen molar-refractivity contribution in [1.82, 2.24) is 0 Å². The van der Waals surface area contributed by atoms with Crippen LogP contribution in [0.4, 0.5) is 10.1 Å². The molecule has 1 saturated heterocycles. The predicted octanol–water partition coefficient (Wildman–Crippen LogP) is 1.66. The number of hydrogen-bond donors (Lipinski definition) is 3. The fraction of sp³-hybridized carbons (Fsp3) is 0.500. The second kappa shape index (κ2) is 6.56. The van der Waals surface area contributed by atoms with E-state index in [4.69, 9.17) is 10.9 Å². The maximum Gasteiger partial charge on any atom is 0.175 e. The number of halogens is 1. The molecule has 0 amide bonds. The van der Waals surface area contributed by atoms with Crippen LogP contribution in [0.25, 0.3) is 0 Å². The molecule has 20 heavy (non-hydrogen) atoms. The van der Waals surface area contributed by atoms with Gasteiger partial charge in [0.05, 0.1) is 11.3 Å². The molecule has 0 bridgehead atoms. The van der Waals surface area contributed by atoms with Crippen molar-refractivity contribution >= 4 is 11.5 Å². The SMILES string of the molecule is NC(=NO)c1c(F)cccc1N1CCCCC1CCO. The van der Waals surface area contributed by atoms with Crippen molar-refractivity contribution in [2.45, 2.75) is 31.7 Å². The van der Waals surface area contributed by atoms with Crippen molar-refractivity contribution in [1.29, 1.82) is 0 Å². The molecule has 1 atom stereocenters. The molecule has 1 fully saturated rings. The molecule has 5 nitrogen and oxygen atoms in total.